The molecule has 0 N–H and O–H groups in total. The van der Waals surface area contributed by atoms with E-state index >= 15 is 0 Å². The highest BCUT2D eigenvalue weighted by Gasteiger charge is 1.71. The summed E-state index contributed by atoms with van der Waals surface area (Å²) >= 11 is 5.68. The highest BCUT2D eigenvalue weighted by atomic mass is 32.2. The van der Waals surface area contributed by atoms with Crippen molar-refractivity contribution < 1.29 is 0 Å². The van der Waals surface area contributed by atoms with Crippen LogP contribution in [-0.2, 0) is 0 Å². The van der Waals surface area contributed by atoms with Gasteiger partial charge < -0.3 is 0 Å². The lowest BCUT2D eigenvalue weighted by Gasteiger charge is -1.81. The molecule has 0 radical (unpaired) electrons. The first-order valence-corrected chi connectivity index (χ1v) is 3.43. The molecule has 0 aliphatic rings. The molecular formula is C4H8S2. The Morgan fingerprint density at radius 2 is 2.50 bits per heavy atom. The number of hydrogen-bond acceptors (Lipinski definition) is 2. The van der Waals surface area contributed by atoms with Crippen LogP contribution in [0.4, 0.5) is 0 Å². The molecule has 0 atom stereocenters. The maximum Gasteiger partial charge on any atom is 0.00624 e. The zero-order valence-electron chi connectivity index (χ0n) is 3.55. The molecule has 0 amide bonds. The van der Waals surface area contributed by atoms with Crippen LogP contribution >= 0.6 is 24.4 Å². The van der Waals surface area contributed by atoms with Crippen LogP contribution in [0.3, 0.4) is 0 Å². The van der Waals surface area contributed by atoms with Crippen molar-refractivity contribution in [3.8, 4) is 0 Å². The van der Waals surface area contributed by atoms with Gasteiger partial charge in [-0.25, -0.2) is 0 Å². The van der Waals surface area contributed by atoms with Gasteiger partial charge >= 0.3 is 0 Å². The lowest BCUT2D eigenvalue weighted by atomic mass is 11.0. The monoisotopic (exact) mass is 120 g/mol. The Labute approximate surface area is 48.4 Å². The zero-order chi connectivity index (χ0) is 4.83. The minimum absolute atomic E-state index is 0.941. The van der Waals surface area contributed by atoms with Crippen molar-refractivity contribution in [2.75, 3.05) is 11.5 Å². The molecule has 0 rings (SSSR count). The molecule has 0 saturated carbocycles. The summed E-state index contributed by atoms with van der Waals surface area (Å²) in [5.74, 6) is 2.02. The van der Waals surface area contributed by atoms with Crippen molar-refractivity contribution in [2.24, 2.45) is 0 Å². The van der Waals surface area contributed by atoms with Gasteiger partial charge in [0.25, 0.3) is 0 Å². The third-order valence-electron chi connectivity index (χ3n) is 0.327. The first kappa shape index (κ1) is 6.44. The quantitative estimate of drug-likeness (QED) is 0.437. The topological polar surface area (TPSA) is 0 Å². The van der Waals surface area contributed by atoms with Crippen molar-refractivity contribution >= 4 is 24.4 Å². The molecule has 0 aromatic rings. The van der Waals surface area contributed by atoms with E-state index in [2.05, 4.69) is 19.2 Å². The Balaban J connectivity index is 2.49. The summed E-state index contributed by atoms with van der Waals surface area (Å²) in [7, 11) is 0. The Hall–Kier alpha value is 0.440. The molecule has 0 saturated heterocycles. The first-order valence-electron chi connectivity index (χ1n) is 1.75. The number of rotatable bonds is 3. The molecule has 0 nitrogen and oxygen atoms in total. The van der Waals surface area contributed by atoms with E-state index in [0.29, 0.717) is 0 Å². The van der Waals surface area contributed by atoms with Gasteiger partial charge in [-0.05, 0) is 11.2 Å². The molecule has 0 aliphatic carbocycles. The fourth-order valence-electron chi connectivity index (χ4n) is 0.136. The van der Waals surface area contributed by atoms with Gasteiger partial charge in [-0.3, -0.25) is 0 Å². The molecule has 6 heavy (non-hydrogen) atoms. The van der Waals surface area contributed by atoms with Crippen LogP contribution in [0.25, 0.3) is 0 Å². The van der Waals surface area contributed by atoms with E-state index < -0.39 is 0 Å². The number of thiol groups is 1. The fourth-order valence-corrected chi connectivity index (χ4v) is 0.724. The van der Waals surface area contributed by atoms with Gasteiger partial charge in [0, 0.05) is 5.75 Å². The van der Waals surface area contributed by atoms with Crippen LogP contribution in [0.1, 0.15) is 0 Å². The van der Waals surface area contributed by atoms with E-state index in [0.717, 1.165) is 11.5 Å². The molecule has 0 bridgehead atoms. The largest absolute Gasteiger partial charge is 0.178 e. The molecule has 0 aliphatic heterocycles. The molecule has 0 spiro atoms. The summed E-state index contributed by atoms with van der Waals surface area (Å²) < 4.78 is 0. The highest BCUT2D eigenvalue weighted by molar-refractivity contribution is 8.02. The van der Waals surface area contributed by atoms with E-state index in [-0.39, 0.29) is 0 Å². The van der Waals surface area contributed by atoms with E-state index in [4.69, 9.17) is 0 Å². The van der Waals surface area contributed by atoms with Crippen LogP contribution in [0.2, 0.25) is 0 Å². The minimum Gasteiger partial charge on any atom is -0.178 e. The van der Waals surface area contributed by atoms with Gasteiger partial charge in [-0.15, -0.1) is 11.8 Å². The summed E-state index contributed by atoms with van der Waals surface area (Å²) in [6, 6.07) is 0. The summed E-state index contributed by atoms with van der Waals surface area (Å²) in [6.07, 6.45) is 0. The second-order valence-corrected chi connectivity index (χ2v) is 2.28. The summed E-state index contributed by atoms with van der Waals surface area (Å²) in [5, 5.41) is 1.83. The number of thioether (sulfide) groups is 1. The lowest BCUT2D eigenvalue weighted by molar-refractivity contribution is 1.58. The van der Waals surface area contributed by atoms with Crippen LogP contribution in [-0.4, -0.2) is 11.5 Å². The Morgan fingerprint density at radius 1 is 1.83 bits per heavy atom. The molecule has 0 fully saturated rings. The van der Waals surface area contributed by atoms with Crippen molar-refractivity contribution in [1.29, 1.82) is 0 Å². The van der Waals surface area contributed by atoms with Crippen LogP contribution in [0, 0.1) is 0 Å². The van der Waals surface area contributed by atoms with E-state index in [1.165, 1.54) is 0 Å². The third-order valence-corrected chi connectivity index (χ3v) is 1.53. The van der Waals surface area contributed by atoms with Crippen molar-refractivity contribution in [3.05, 3.63) is 12.0 Å². The van der Waals surface area contributed by atoms with Gasteiger partial charge in [0.1, 0.15) is 0 Å². The van der Waals surface area contributed by atoms with E-state index in [9.17, 15) is 0 Å². The second kappa shape index (κ2) is 5.44. The molecule has 0 unspecified atom stereocenters. The van der Waals surface area contributed by atoms with Gasteiger partial charge in [-0.2, -0.15) is 12.6 Å². The van der Waals surface area contributed by atoms with Crippen molar-refractivity contribution in [1.82, 2.24) is 0 Å². The predicted molar refractivity (Wildman–Crippen MR) is 36.5 cm³/mol. The smallest absolute Gasteiger partial charge is 0.00624 e. The fraction of sp³-hybridized carbons (Fsp3) is 0.500. The second-order valence-electron chi connectivity index (χ2n) is 0.761. The maximum absolute atomic E-state index is 3.99. The molecule has 0 aromatic carbocycles. The van der Waals surface area contributed by atoms with Crippen molar-refractivity contribution in [2.45, 2.75) is 0 Å². The predicted octanol–water partition coefficient (Wildman–Crippen LogP) is 1.79. The Bertz CT molecular complexity index is 34.5. The summed E-state index contributed by atoms with van der Waals surface area (Å²) in [5.41, 5.74) is 0. The molecule has 0 aromatic heterocycles. The average Bonchev–Trinajstić information content (AvgIpc) is 1.61. The zero-order valence-corrected chi connectivity index (χ0v) is 5.27. The van der Waals surface area contributed by atoms with Gasteiger partial charge in [-0.1, -0.05) is 6.58 Å². The van der Waals surface area contributed by atoms with Crippen molar-refractivity contribution in [3.63, 3.8) is 0 Å². The summed E-state index contributed by atoms with van der Waals surface area (Å²) in [6.45, 7) is 3.53. The SMILES string of the molecule is C=CSCCS. The van der Waals surface area contributed by atoms with E-state index in [1.54, 1.807) is 11.8 Å². The van der Waals surface area contributed by atoms with Gasteiger partial charge in [0.15, 0.2) is 0 Å². The normalized spacial score (nSPS) is 8.17. The average molecular weight is 120 g/mol. The molecule has 2 heteroatoms. The summed E-state index contributed by atoms with van der Waals surface area (Å²) in [4.78, 5) is 0. The third kappa shape index (κ3) is 4.44. The van der Waals surface area contributed by atoms with Crippen LogP contribution in [0.15, 0.2) is 12.0 Å². The van der Waals surface area contributed by atoms with Crippen LogP contribution in [0.5, 0.6) is 0 Å². The van der Waals surface area contributed by atoms with Gasteiger partial charge in [0.2, 0.25) is 0 Å². The van der Waals surface area contributed by atoms with E-state index in [1.807, 2.05) is 5.41 Å². The Kier molecular flexibility index (Phi) is 5.84. The molecule has 36 valence electrons. The minimum atomic E-state index is 0.941. The maximum atomic E-state index is 3.99. The lowest BCUT2D eigenvalue weighted by Crippen LogP contribution is -1.71. The molecular weight excluding hydrogens is 112 g/mol. The number of hydrogen-bond donors (Lipinski definition) is 1. The van der Waals surface area contributed by atoms with Crippen LogP contribution < -0.4 is 0 Å². The Morgan fingerprint density at radius 3 is 2.67 bits per heavy atom. The molecule has 0 heterocycles. The van der Waals surface area contributed by atoms with Gasteiger partial charge in [0.05, 0.1) is 0 Å². The first-order chi connectivity index (χ1) is 2.91. The highest BCUT2D eigenvalue weighted by Crippen LogP contribution is 1.98. The standard InChI is InChI=1S/C4H8S2/c1-2-6-4-3-5/h2,5H,1,3-4H2.